The highest BCUT2D eigenvalue weighted by molar-refractivity contribution is 7.89. The molecule has 138 valence electrons. The number of nitrogens with zero attached hydrogens (tertiary/aromatic N) is 3. The van der Waals surface area contributed by atoms with Crippen molar-refractivity contribution in [1.82, 2.24) is 9.21 Å². The predicted molar refractivity (Wildman–Crippen MR) is 93.9 cm³/mol. The smallest absolute Gasteiger partial charge is 0.247 e. The summed E-state index contributed by atoms with van der Waals surface area (Å²) >= 11 is 0. The topological polar surface area (TPSA) is 82.9 Å². The second-order valence-electron chi connectivity index (χ2n) is 6.47. The van der Waals surface area contributed by atoms with Crippen molar-refractivity contribution in [2.75, 3.05) is 33.9 Å². The van der Waals surface area contributed by atoms with E-state index in [0.29, 0.717) is 31.8 Å². The number of hydrogen-bond donors (Lipinski definition) is 0. The highest BCUT2D eigenvalue weighted by Gasteiger charge is 2.37. The summed E-state index contributed by atoms with van der Waals surface area (Å²) in [5.74, 6) is 0.890. The molecule has 0 aromatic heterocycles. The van der Waals surface area contributed by atoms with Crippen LogP contribution in [0.2, 0.25) is 0 Å². The first kappa shape index (κ1) is 19.3. The van der Waals surface area contributed by atoms with E-state index in [9.17, 15) is 8.42 Å². The summed E-state index contributed by atoms with van der Waals surface area (Å²) in [5.41, 5.74) is 0. The van der Waals surface area contributed by atoms with Gasteiger partial charge in [0.05, 0.1) is 14.2 Å². The summed E-state index contributed by atoms with van der Waals surface area (Å²) in [7, 11) is -0.857. The Labute approximate surface area is 149 Å². The number of likely N-dealkylation sites (tertiary alicyclic amines) is 1. The molecule has 1 atom stereocenters. The number of methoxy groups -OCH3 is 2. The molecule has 2 rings (SSSR count). The van der Waals surface area contributed by atoms with Gasteiger partial charge in [-0.3, -0.25) is 0 Å². The van der Waals surface area contributed by atoms with Crippen LogP contribution in [0.25, 0.3) is 0 Å². The van der Waals surface area contributed by atoms with Gasteiger partial charge in [0.15, 0.2) is 6.19 Å². The molecule has 1 unspecified atom stereocenters. The molecule has 1 aromatic carbocycles. The Morgan fingerprint density at radius 1 is 1.36 bits per heavy atom. The first-order valence-electron chi connectivity index (χ1n) is 8.22. The van der Waals surface area contributed by atoms with E-state index in [-0.39, 0.29) is 22.6 Å². The molecule has 0 radical (unpaired) electrons. The Morgan fingerprint density at radius 3 is 2.60 bits per heavy atom. The molecule has 1 saturated heterocycles. The SMILES string of the molecule is COc1ccc(OC)c(S(=O)(=O)N(CC(C)C)C2CCN(C#N)C2)c1. The summed E-state index contributed by atoms with van der Waals surface area (Å²) in [6.45, 7) is 5.31. The van der Waals surface area contributed by atoms with E-state index in [4.69, 9.17) is 14.7 Å². The Kier molecular flexibility index (Phi) is 6.14. The van der Waals surface area contributed by atoms with Crippen LogP contribution < -0.4 is 9.47 Å². The number of ether oxygens (including phenoxy) is 2. The lowest BCUT2D eigenvalue weighted by molar-refractivity contribution is 0.290. The highest BCUT2D eigenvalue weighted by atomic mass is 32.2. The van der Waals surface area contributed by atoms with Crippen molar-refractivity contribution in [3.63, 3.8) is 0 Å². The van der Waals surface area contributed by atoms with E-state index in [1.54, 1.807) is 17.0 Å². The zero-order valence-electron chi connectivity index (χ0n) is 15.1. The highest BCUT2D eigenvalue weighted by Crippen LogP contribution is 2.33. The molecule has 1 fully saturated rings. The Morgan fingerprint density at radius 2 is 2.08 bits per heavy atom. The molecule has 0 spiro atoms. The van der Waals surface area contributed by atoms with Gasteiger partial charge in [-0.05, 0) is 24.5 Å². The average molecular weight is 367 g/mol. The molecule has 1 aliphatic rings. The van der Waals surface area contributed by atoms with Gasteiger partial charge < -0.3 is 14.4 Å². The lowest BCUT2D eigenvalue weighted by Gasteiger charge is -2.30. The molecule has 0 saturated carbocycles. The Hall–Kier alpha value is -1.98. The van der Waals surface area contributed by atoms with E-state index >= 15 is 0 Å². The summed E-state index contributed by atoms with van der Waals surface area (Å²) in [5, 5.41) is 9.09. The molecule has 0 bridgehead atoms. The summed E-state index contributed by atoms with van der Waals surface area (Å²) in [6, 6.07) is 4.51. The fourth-order valence-corrected chi connectivity index (χ4v) is 4.97. The zero-order valence-corrected chi connectivity index (χ0v) is 15.9. The van der Waals surface area contributed by atoms with Crippen molar-refractivity contribution in [3.05, 3.63) is 18.2 Å². The fourth-order valence-electron chi connectivity index (χ4n) is 2.98. The van der Waals surface area contributed by atoms with Crippen LogP contribution >= 0.6 is 0 Å². The van der Waals surface area contributed by atoms with E-state index in [0.717, 1.165) is 0 Å². The van der Waals surface area contributed by atoms with E-state index in [2.05, 4.69) is 6.19 Å². The minimum absolute atomic E-state index is 0.0883. The van der Waals surface area contributed by atoms with Crippen molar-refractivity contribution in [1.29, 1.82) is 5.26 Å². The van der Waals surface area contributed by atoms with Gasteiger partial charge in [-0.1, -0.05) is 13.8 Å². The zero-order chi connectivity index (χ0) is 18.6. The van der Waals surface area contributed by atoms with Crippen LogP contribution in [0.5, 0.6) is 11.5 Å². The molecular weight excluding hydrogens is 342 g/mol. The Balaban J connectivity index is 2.47. The molecule has 7 nitrogen and oxygen atoms in total. The number of benzene rings is 1. The molecule has 1 aromatic rings. The summed E-state index contributed by atoms with van der Waals surface area (Å²) in [6.07, 6.45) is 2.73. The van der Waals surface area contributed by atoms with Crippen LogP contribution in [0.1, 0.15) is 20.3 Å². The van der Waals surface area contributed by atoms with Crippen LogP contribution in [-0.2, 0) is 10.0 Å². The van der Waals surface area contributed by atoms with Crippen LogP contribution in [0, 0.1) is 17.4 Å². The van der Waals surface area contributed by atoms with Crippen LogP contribution in [0.3, 0.4) is 0 Å². The minimum atomic E-state index is -3.79. The number of hydrogen-bond acceptors (Lipinski definition) is 6. The van der Waals surface area contributed by atoms with E-state index < -0.39 is 10.0 Å². The van der Waals surface area contributed by atoms with Gasteiger partial charge in [0.2, 0.25) is 10.0 Å². The number of rotatable bonds is 7. The largest absolute Gasteiger partial charge is 0.497 e. The molecular formula is C17H25N3O4S. The number of nitriles is 1. The third-order valence-corrected chi connectivity index (χ3v) is 6.15. The summed E-state index contributed by atoms with van der Waals surface area (Å²) < 4.78 is 38.7. The molecule has 8 heteroatoms. The molecule has 25 heavy (non-hydrogen) atoms. The molecule has 1 aliphatic heterocycles. The lowest BCUT2D eigenvalue weighted by atomic mass is 10.2. The van der Waals surface area contributed by atoms with Gasteiger partial charge in [-0.25, -0.2) is 8.42 Å². The maximum absolute atomic E-state index is 13.4. The predicted octanol–water partition coefficient (Wildman–Crippen LogP) is 1.91. The van der Waals surface area contributed by atoms with E-state index in [1.165, 1.54) is 24.6 Å². The normalized spacial score (nSPS) is 17.8. The average Bonchev–Trinajstić information content (AvgIpc) is 3.07. The van der Waals surface area contributed by atoms with E-state index in [1.807, 2.05) is 13.8 Å². The van der Waals surface area contributed by atoms with Gasteiger partial charge >= 0.3 is 0 Å². The van der Waals surface area contributed by atoms with Crippen molar-refractivity contribution in [2.45, 2.75) is 31.2 Å². The summed E-state index contributed by atoms with van der Waals surface area (Å²) in [4.78, 5) is 1.68. The third kappa shape index (κ3) is 4.17. The monoisotopic (exact) mass is 367 g/mol. The second-order valence-corrected chi connectivity index (χ2v) is 8.33. The van der Waals surface area contributed by atoms with Crippen LogP contribution in [0.4, 0.5) is 0 Å². The van der Waals surface area contributed by atoms with Gasteiger partial charge in [0.25, 0.3) is 0 Å². The van der Waals surface area contributed by atoms with Gasteiger partial charge in [-0.2, -0.15) is 9.57 Å². The van der Waals surface area contributed by atoms with Gasteiger partial charge in [0, 0.05) is 31.7 Å². The second kappa shape index (κ2) is 7.93. The molecule has 0 N–H and O–H groups in total. The first-order chi connectivity index (χ1) is 11.8. The van der Waals surface area contributed by atoms with Crippen molar-refractivity contribution in [3.8, 4) is 17.7 Å². The molecule has 0 aliphatic carbocycles. The molecule has 0 amide bonds. The first-order valence-corrected chi connectivity index (χ1v) is 9.66. The van der Waals surface area contributed by atoms with Gasteiger partial charge in [-0.15, -0.1) is 0 Å². The van der Waals surface area contributed by atoms with Crippen LogP contribution in [-0.4, -0.2) is 57.5 Å². The number of sulfonamides is 1. The fraction of sp³-hybridized carbons (Fsp3) is 0.588. The maximum Gasteiger partial charge on any atom is 0.247 e. The quantitative estimate of drug-likeness (QED) is 0.685. The maximum atomic E-state index is 13.4. The Bertz CT molecular complexity index is 743. The van der Waals surface area contributed by atoms with Crippen molar-refractivity contribution in [2.24, 2.45) is 5.92 Å². The van der Waals surface area contributed by atoms with Gasteiger partial charge in [0.1, 0.15) is 16.4 Å². The molecule has 1 heterocycles. The van der Waals surface area contributed by atoms with Crippen molar-refractivity contribution < 1.29 is 17.9 Å². The van der Waals surface area contributed by atoms with Crippen LogP contribution in [0.15, 0.2) is 23.1 Å². The standard InChI is InChI=1S/C17H25N3O4S/c1-13(2)10-20(14-7-8-19(11-14)12-18)25(21,22)17-9-15(23-3)5-6-16(17)24-4/h5-6,9,13-14H,7-8,10-11H2,1-4H3. The minimum Gasteiger partial charge on any atom is -0.497 e. The van der Waals surface area contributed by atoms with Crippen molar-refractivity contribution >= 4 is 10.0 Å². The third-order valence-electron chi connectivity index (χ3n) is 4.21. The lowest BCUT2D eigenvalue weighted by Crippen LogP contribution is -2.43.